The molecule has 33 heavy (non-hydrogen) atoms. The lowest BCUT2D eigenvalue weighted by Crippen LogP contribution is -2.33. The Bertz CT molecular complexity index is 1150. The van der Waals surface area contributed by atoms with Crippen molar-refractivity contribution in [2.24, 2.45) is 7.05 Å². The standard InChI is InChI=1S/C27H33N3O3/c1-26(2)12-13-27(3,4)23-14-18(6-11-22(23)26)16-33-20-9-7-19(8-10-20)21(15-24(31)32)25-28-17-29-30(25)5/h6-11,14,17,21H,12-13,15-16H2,1-5H3,(H,31,32)/t21-/m0/s1. The summed E-state index contributed by atoms with van der Waals surface area (Å²) in [6.07, 6.45) is 3.78. The Kier molecular flexibility index (Phi) is 6.04. The van der Waals surface area contributed by atoms with Crippen molar-refractivity contribution in [1.82, 2.24) is 14.8 Å². The third-order valence-electron chi connectivity index (χ3n) is 7.04. The first-order valence-corrected chi connectivity index (χ1v) is 11.5. The second-order valence-electron chi connectivity index (χ2n) is 10.4. The lowest BCUT2D eigenvalue weighted by atomic mass is 9.63. The molecule has 0 saturated carbocycles. The quantitative estimate of drug-likeness (QED) is 0.528. The van der Waals surface area contributed by atoms with E-state index in [-0.39, 0.29) is 23.2 Å². The Morgan fingerprint density at radius 3 is 2.33 bits per heavy atom. The summed E-state index contributed by atoms with van der Waals surface area (Å²) < 4.78 is 7.71. The van der Waals surface area contributed by atoms with Gasteiger partial charge in [-0.3, -0.25) is 9.48 Å². The molecule has 1 atom stereocenters. The number of aromatic nitrogens is 3. The van der Waals surface area contributed by atoms with Crippen LogP contribution in [0.5, 0.6) is 5.75 Å². The van der Waals surface area contributed by atoms with Crippen molar-refractivity contribution in [2.75, 3.05) is 0 Å². The molecule has 2 aromatic carbocycles. The maximum Gasteiger partial charge on any atom is 0.304 e. The summed E-state index contributed by atoms with van der Waals surface area (Å²) in [5.74, 6) is 0.144. The lowest BCUT2D eigenvalue weighted by Gasteiger charge is -2.42. The van der Waals surface area contributed by atoms with Gasteiger partial charge in [-0.25, -0.2) is 4.98 Å². The molecule has 3 aromatic rings. The smallest absolute Gasteiger partial charge is 0.304 e. The highest BCUT2D eigenvalue weighted by Crippen LogP contribution is 2.46. The minimum Gasteiger partial charge on any atom is -0.489 e. The number of fused-ring (bicyclic) bond motifs is 1. The van der Waals surface area contributed by atoms with E-state index in [9.17, 15) is 9.90 Å². The normalized spacial score (nSPS) is 17.2. The van der Waals surface area contributed by atoms with Crippen LogP contribution >= 0.6 is 0 Å². The van der Waals surface area contributed by atoms with Crippen LogP contribution in [0.4, 0.5) is 0 Å². The van der Waals surface area contributed by atoms with Crippen LogP contribution in [0.15, 0.2) is 48.8 Å². The maximum absolute atomic E-state index is 11.4. The summed E-state index contributed by atoms with van der Waals surface area (Å²) in [6.45, 7) is 9.81. The number of rotatable bonds is 7. The summed E-state index contributed by atoms with van der Waals surface area (Å²) in [7, 11) is 1.77. The van der Waals surface area contributed by atoms with Gasteiger partial charge in [-0.2, -0.15) is 5.10 Å². The molecule has 0 radical (unpaired) electrons. The van der Waals surface area contributed by atoms with Gasteiger partial charge in [-0.1, -0.05) is 58.0 Å². The van der Waals surface area contributed by atoms with Gasteiger partial charge in [0.05, 0.1) is 12.3 Å². The first-order chi connectivity index (χ1) is 15.6. The van der Waals surface area contributed by atoms with Gasteiger partial charge >= 0.3 is 5.97 Å². The Hall–Kier alpha value is -3.15. The van der Waals surface area contributed by atoms with Crippen LogP contribution in [0.2, 0.25) is 0 Å². The minimum atomic E-state index is -0.873. The van der Waals surface area contributed by atoms with Crippen molar-refractivity contribution in [3.05, 3.63) is 76.9 Å². The van der Waals surface area contributed by atoms with Gasteiger partial charge in [0.2, 0.25) is 0 Å². The highest BCUT2D eigenvalue weighted by molar-refractivity contribution is 5.68. The predicted octanol–water partition coefficient (Wildman–Crippen LogP) is 5.35. The number of carboxylic acids is 1. The minimum absolute atomic E-state index is 0.0476. The summed E-state index contributed by atoms with van der Waals surface area (Å²) in [4.78, 5) is 15.7. The number of benzene rings is 2. The molecule has 6 nitrogen and oxygen atoms in total. The molecule has 1 aliphatic rings. The molecule has 1 heterocycles. The first kappa shape index (κ1) is 23.0. The van der Waals surface area contributed by atoms with Crippen molar-refractivity contribution in [3.8, 4) is 5.75 Å². The van der Waals surface area contributed by atoms with Crippen molar-refractivity contribution in [2.45, 2.75) is 70.3 Å². The third-order valence-corrected chi connectivity index (χ3v) is 7.04. The number of hydrogen-bond acceptors (Lipinski definition) is 4. The summed E-state index contributed by atoms with van der Waals surface area (Å²) in [5.41, 5.74) is 5.28. The van der Waals surface area contributed by atoms with Crippen molar-refractivity contribution in [1.29, 1.82) is 0 Å². The molecular weight excluding hydrogens is 414 g/mol. The second kappa shape index (κ2) is 8.65. The highest BCUT2D eigenvalue weighted by atomic mass is 16.5. The number of carboxylic acid groups (broad SMARTS) is 1. The molecule has 0 aliphatic heterocycles. The fourth-order valence-electron chi connectivity index (χ4n) is 4.84. The topological polar surface area (TPSA) is 77.2 Å². The van der Waals surface area contributed by atoms with Gasteiger partial charge in [0, 0.05) is 7.05 Å². The van der Waals surface area contributed by atoms with Gasteiger partial charge in [0.1, 0.15) is 24.5 Å². The van der Waals surface area contributed by atoms with E-state index in [1.807, 2.05) is 24.3 Å². The average molecular weight is 448 g/mol. The zero-order chi connectivity index (χ0) is 23.8. The second-order valence-corrected chi connectivity index (χ2v) is 10.4. The highest BCUT2D eigenvalue weighted by Gasteiger charge is 2.36. The van der Waals surface area contributed by atoms with E-state index in [2.05, 4.69) is 56.0 Å². The number of nitrogens with zero attached hydrogens (tertiary/aromatic N) is 3. The largest absolute Gasteiger partial charge is 0.489 e. The van der Waals surface area contributed by atoms with Crippen LogP contribution in [0.25, 0.3) is 0 Å². The van der Waals surface area contributed by atoms with E-state index in [0.29, 0.717) is 12.4 Å². The Morgan fingerprint density at radius 1 is 1.06 bits per heavy atom. The Morgan fingerprint density at radius 2 is 1.73 bits per heavy atom. The van der Waals surface area contributed by atoms with Crippen molar-refractivity contribution >= 4 is 5.97 Å². The van der Waals surface area contributed by atoms with Gasteiger partial charge in [0.15, 0.2) is 0 Å². The molecule has 0 unspecified atom stereocenters. The van der Waals surface area contributed by atoms with Gasteiger partial charge in [-0.15, -0.1) is 0 Å². The molecule has 1 N–H and O–H groups in total. The Labute approximate surface area is 195 Å². The van der Waals surface area contributed by atoms with Crippen molar-refractivity contribution < 1.29 is 14.6 Å². The molecule has 6 heteroatoms. The SMILES string of the molecule is Cn1ncnc1[C@@H](CC(=O)O)c1ccc(OCc2ccc3c(c2)C(C)(C)CCC3(C)C)cc1. The number of hydrogen-bond donors (Lipinski definition) is 1. The molecule has 0 spiro atoms. The van der Waals surface area contributed by atoms with Crippen LogP contribution in [0.1, 0.15) is 81.0 Å². The summed E-state index contributed by atoms with van der Waals surface area (Å²) in [6, 6.07) is 14.4. The Balaban J connectivity index is 1.50. The molecule has 174 valence electrons. The van der Waals surface area contributed by atoms with Gasteiger partial charge < -0.3 is 9.84 Å². The predicted molar refractivity (Wildman–Crippen MR) is 128 cm³/mol. The van der Waals surface area contributed by atoms with Crippen LogP contribution in [-0.4, -0.2) is 25.8 Å². The summed E-state index contributed by atoms with van der Waals surface area (Å²) >= 11 is 0. The first-order valence-electron chi connectivity index (χ1n) is 11.5. The number of carbonyl (C=O) groups is 1. The lowest BCUT2D eigenvalue weighted by molar-refractivity contribution is -0.137. The monoisotopic (exact) mass is 447 g/mol. The molecule has 1 aromatic heterocycles. The zero-order valence-corrected chi connectivity index (χ0v) is 20.1. The molecule has 0 fully saturated rings. The van der Waals surface area contributed by atoms with E-state index >= 15 is 0 Å². The van der Waals surface area contributed by atoms with Gasteiger partial charge in [0.25, 0.3) is 0 Å². The number of aliphatic carboxylic acids is 1. The van der Waals surface area contributed by atoms with E-state index in [4.69, 9.17) is 4.74 Å². The van der Waals surface area contributed by atoms with Crippen LogP contribution < -0.4 is 4.74 Å². The molecule has 1 aliphatic carbocycles. The molecule has 0 amide bonds. The number of aryl methyl sites for hydroxylation is 1. The fraction of sp³-hybridized carbons (Fsp3) is 0.444. The van der Waals surface area contributed by atoms with E-state index in [1.54, 1.807) is 11.7 Å². The third kappa shape index (κ3) is 4.80. The van der Waals surface area contributed by atoms with Crippen LogP contribution in [-0.2, 0) is 29.3 Å². The van der Waals surface area contributed by atoms with E-state index in [1.165, 1.54) is 30.3 Å². The van der Waals surface area contributed by atoms with Crippen LogP contribution in [0.3, 0.4) is 0 Å². The number of ether oxygens (including phenoxy) is 1. The zero-order valence-electron chi connectivity index (χ0n) is 20.1. The van der Waals surface area contributed by atoms with Crippen molar-refractivity contribution in [3.63, 3.8) is 0 Å². The summed E-state index contributed by atoms with van der Waals surface area (Å²) in [5, 5.41) is 13.5. The fourth-order valence-corrected chi connectivity index (χ4v) is 4.84. The van der Waals surface area contributed by atoms with E-state index < -0.39 is 5.97 Å². The van der Waals surface area contributed by atoms with Crippen LogP contribution in [0, 0.1) is 0 Å². The van der Waals surface area contributed by atoms with E-state index in [0.717, 1.165) is 16.9 Å². The molecule has 0 bridgehead atoms. The van der Waals surface area contributed by atoms with Gasteiger partial charge in [-0.05, 0) is 58.1 Å². The maximum atomic E-state index is 11.4. The molecule has 4 rings (SSSR count). The average Bonchev–Trinajstić information content (AvgIpc) is 3.20. The molecule has 0 saturated heterocycles. The molecular formula is C27H33N3O3.